The third-order valence-corrected chi connectivity index (χ3v) is 7.19. The molecule has 6 nitrogen and oxygen atoms in total. The number of amides is 3. The Morgan fingerprint density at radius 1 is 1.33 bits per heavy atom. The molecule has 148 valence electrons. The van der Waals surface area contributed by atoms with E-state index in [1.165, 1.54) is 5.56 Å². The van der Waals surface area contributed by atoms with Gasteiger partial charge in [-0.25, -0.2) is 4.79 Å². The number of carbonyl (C=O) groups excluding carboxylic acids is 2. The Hall–Kier alpha value is -1.60. The molecule has 2 saturated heterocycles. The van der Waals surface area contributed by atoms with Crippen molar-refractivity contribution in [1.82, 2.24) is 15.1 Å². The van der Waals surface area contributed by atoms with Gasteiger partial charge in [-0.1, -0.05) is 0 Å². The van der Waals surface area contributed by atoms with Crippen molar-refractivity contribution in [2.45, 2.75) is 57.7 Å². The number of nitrogens with one attached hydrogen (secondary N) is 1. The second-order valence-corrected chi connectivity index (χ2v) is 8.96. The standard InChI is InChI=1S/C20H29N3O3S/c1-15(24)23(13-16-4-11-27-14-16)18-12-20(18)5-7-22(8-6-20)19(25)21-17-2-9-26-10-3-17/h4,11,14,17-18H,2-3,5-10,12-13H2,1H3,(H,21,25)/t18-/m0/s1. The highest BCUT2D eigenvalue weighted by Crippen LogP contribution is 2.57. The number of thiophene rings is 1. The Kier molecular flexibility index (Phi) is 5.41. The maximum Gasteiger partial charge on any atom is 0.317 e. The summed E-state index contributed by atoms with van der Waals surface area (Å²) in [6.07, 6.45) is 4.87. The molecule has 0 aromatic carbocycles. The Bertz CT molecular complexity index is 664. The molecular weight excluding hydrogens is 362 g/mol. The van der Waals surface area contributed by atoms with Crippen LogP contribution in [0.2, 0.25) is 0 Å². The summed E-state index contributed by atoms with van der Waals surface area (Å²) in [4.78, 5) is 28.8. The van der Waals surface area contributed by atoms with Crippen molar-refractivity contribution in [2.24, 2.45) is 5.41 Å². The molecule has 1 saturated carbocycles. The molecule has 4 rings (SSSR count). The first kappa shape index (κ1) is 18.7. The fourth-order valence-corrected chi connectivity index (χ4v) is 5.25. The van der Waals surface area contributed by atoms with E-state index in [1.807, 2.05) is 9.80 Å². The van der Waals surface area contributed by atoms with E-state index in [-0.39, 0.29) is 23.4 Å². The molecule has 1 aromatic rings. The van der Waals surface area contributed by atoms with Gasteiger partial charge >= 0.3 is 6.03 Å². The van der Waals surface area contributed by atoms with Crippen LogP contribution in [0.5, 0.6) is 0 Å². The van der Waals surface area contributed by atoms with E-state index in [0.29, 0.717) is 12.6 Å². The minimum atomic E-state index is 0.0654. The van der Waals surface area contributed by atoms with Gasteiger partial charge in [0.05, 0.1) is 0 Å². The molecule has 2 aliphatic heterocycles. The smallest absolute Gasteiger partial charge is 0.317 e. The highest BCUT2D eigenvalue weighted by atomic mass is 32.1. The number of carbonyl (C=O) groups is 2. The first-order valence-electron chi connectivity index (χ1n) is 9.99. The number of urea groups is 1. The van der Waals surface area contributed by atoms with Crippen LogP contribution in [-0.4, -0.2) is 60.1 Å². The van der Waals surface area contributed by atoms with E-state index >= 15 is 0 Å². The molecular formula is C20H29N3O3S. The Labute approximate surface area is 164 Å². The average Bonchev–Trinajstić information content (AvgIpc) is 3.10. The molecule has 7 heteroatoms. The number of piperidine rings is 1. The Balaban J connectivity index is 1.29. The van der Waals surface area contributed by atoms with Crippen LogP contribution in [0.25, 0.3) is 0 Å². The summed E-state index contributed by atoms with van der Waals surface area (Å²) < 4.78 is 5.36. The second-order valence-electron chi connectivity index (χ2n) is 8.18. The number of hydrogen-bond donors (Lipinski definition) is 1. The number of hydrogen-bond acceptors (Lipinski definition) is 4. The van der Waals surface area contributed by atoms with E-state index in [4.69, 9.17) is 4.74 Å². The van der Waals surface area contributed by atoms with Gasteiger partial charge in [-0.15, -0.1) is 0 Å². The molecule has 1 aliphatic carbocycles. The third-order valence-electron chi connectivity index (χ3n) is 6.46. The zero-order valence-electron chi connectivity index (χ0n) is 16.0. The summed E-state index contributed by atoms with van der Waals surface area (Å²) in [5.74, 6) is 0.155. The lowest BCUT2D eigenvalue weighted by Crippen LogP contribution is -2.50. The molecule has 1 atom stereocenters. The highest BCUT2D eigenvalue weighted by Gasteiger charge is 2.58. The number of likely N-dealkylation sites (tertiary alicyclic amines) is 1. The van der Waals surface area contributed by atoms with Crippen LogP contribution in [0.4, 0.5) is 4.79 Å². The van der Waals surface area contributed by atoms with Crippen LogP contribution in [0.15, 0.2) is 16.8 Å². The van der Waals surface area contributed by atoms with Gasteiger partial charge in [-0.3, -0.25) is 4.79 Å². The van der Waals surface area contributed by atoms with Crippen molar-refractivity contribution >= 4 is 23.3 Å². The van der Waals surface area contributed by atoms with Crippen LogP contribution in [0.1, 0.15) is 44.6 Å². The largest absolute Gasteiger partial charge is 0.381 e. The summed E-state index contributed by atoms with van der Waals surface area (Å²) in [6.45, 7) is 5.43. The third kappa shape index (κ3) is 4.14. The molecule has 1 N–H and O–H groups in total. The summed E-state index contributed by atoms with van der Waals surface area (Å²) in [6, 6.07) is 2.74. The van der Waals surface area contributed by atoms with Crippen molar-refractivity contribution in [1.29, 1.82) is 0 Å². The van der Waals surface area contributed by atoms with Crippen LogP contribution in [0, 0.1) is 5.41 Å². The topological polar surface area (TPSA) is 61.9 Å². The normalized spacial score (nSPS) is 24.6. The van der Waals surface area contributed by atoms with Gasteiger partial charge in [0, 0.05) is 51.9 Å². The molecule has 3 amide bonds. The second kappa shape index (κ2) is 7.80. The van der Waals surface area contributed by atoms with Gasteiger partial charge in [0.15, 0.2) is 0 Å². The molecule has 1 aromatic heterocycles. The van der Waals surface area contributed by atoms with Gasteiger partial charge in [0.1, 0.15) is 0 Å². The van der Waals surface area contributed by atoms with E-state index in [0.717, 1.165) is 58.4 Å². The van der Waals surface area contributed by atoms with Crippen LogP contribution >= 0.6 is 11.3 Å². The predicted octanol–water partition coefficient (Wildman–Crippen LogP) is 2.84. The maximum absolute atomic E-state index is 12.5. The van der Waals surface area contributed by atoms with Crippen molar-refractivity contribution < 1.29 is 14.3 Å². The van der Waals surface area contributed by atoms with Crippen molar-refractivity contribution in [3.8, 4) is 0 Å². The first-order chi connectivity index (χ1) is 13.1. The van der Waals surface area contributed by atoms with Gasteiger partial charge in [0.2, 0.25) is 5.91 Å². The van der Waals surface area contributed by atoms with Crippen LogP contribution < -0.4 is 5.32 Å². The monoisotopic (exact) mass is 391 g/mol. The lowest BCUT2D eigenvalue weighted by molar-refractivity contribution is -0.130. The van der Waals surface area contributed by atoms with Crippen molar-refractivity contribution in [2.75, 3.05) is 26.3 Å². The van der Waals surface area contributed by atoms with Gasteiger partial charge in [-0.2, -0.15) is 11.3 Å². The van der Waals surface area contributed by atoms with Crippen molar-refractivity contribution in [3.05, 3.63) is 22.4 Å². The zero-order chi connectivity index (χ0) is 18.9. The minimum absolute atomic E-state index is 0.0654. The van der Waals surface area contributed by atoms with Crippen LogP contribution in [-0.2, 0) is 16.1 Å². The highest BCUT2D eigenvalue weighted by molar-refractivity contribution is 7.07. The summed E-state index contributed by atoms with van der Waals surface area (Å²) >= 11 is 1.67. The number of ether oxygens (including phenoxy) is 1. The van der Waals surface area contributed by atoms with Gasteiger partial charge < -0.3 is 19.9 Å². The molecule has 0 unspecified atom stereocenters. The van der Waals surface area contributed by atoms with E-state index < -0.39 is 0 Å². The molecule has 27 heavy (non-hydrogen) atoms. The van der Waals surface area contributed by atoms with Crippen LogP contribution in [0.3, 0.4) is 0 Å². The molecule has 3 aliphatic rings. The number of rotatable bonds is 4. The lowest BCUT2D eigenvalue weighted by Gasteiger charge is -2.36. The number of nitrogens with zero attached hydrogens (tertiary/aromatic N) is 2. The van der Waals surface area contributed by atoms with E-state index in [1.54, 1.807) is 18.3 Å². The molecule has 1 spiro atoms. The molecule has 3 heterocycles. The maximum atomic E-state index is 12.5. The molecule has 0 bridgehead atoms. The fourth-order valence-electron chi connectivity index (χ4n) is 4.59. The lowest BCUT2D eigenvalue weighted by atomic mass is 9.92. The van der Waals surface area contributed by atoms with E-state index in [2.05, 4.69) is 22.1 Å². The summed E-state index contributed by atoms with van der Waals surface area (Å²) in [7, 11) is 0. The quantitative estimate of drug-likeness (QED) is 0.859. The predicted molar refractivity (Wildman–Crippen MR) is 105 cm³/mol. The first-order valence-corrected chi connectivity index (χ1v) is 10.9. The minimum Gasteiger partial charge on any atom is -0.381 e. The summed E-state index contributed by atoms with van der Waals surface area (Å²) in [5, 5.41) is 7.34. The fraction of sp³-hybridized carbons (Fsp3) is 0.700. The Morgan fingerprint density at radius 2 is 2.07 bits per heavy atom. The Morgan fingerprint density at radius 3 is 2.70 bits per heavy atom. The van der Waals surface area contributed by atoms with Crippen molar-refractivity contribution in [3.63, 3.8) is 0 Å². The zero-order valence-corrected chi connectivity index (χ0v) is 16.8. The van der Waals surface area contributed by atoms with Gasteiger partial charge in [-0.05, 0) is 59.9 Å². The van der Waals surface area contributed by atoms with E-state index in [9.17, 15) is 9.59 Å². The summed E-state index contributed by atoms with van der Waals surface area (Å²) in [5.41, 5.74) is 1.43. The molecule has 0 radical (unpaired) electrons. The van der Waals surface area contributed by atoms with Gasteiger partial charge in [0.25, 0.3) is 0 Å². The SMILES string of the molecule is CC(=O)N(Cc1ccsc1)[C@H]1CC12CCN(C(=O)NC1CCOCC1)CC2. The molecule has 3 fully saturated rings. The average molecular weight is 392 g/mol.